The first kappa shape index (κ1) is 20.6. The van der Waals surface area contributed by atoms with Crippen molar-refractivity contribution in [2.24, 2.45) is 5.73 Å². The van der Waals surface area contributed by atoms with Gasteiger partial charge in [0, 0.05) is 6.04 Å². The lowest BCUT2D eigenvalue weighted by Crippen LogP contribution is -2.18. The molecule has 0 aliphatic carbocycles. The molecule has 4 N–H and O–H groups in total. The molecule has 0 spiro atoms. The molecular weight excluding hydrogens is 302 g/mol. The van der Waals surface area contributed by atoms with E-state index in [4.69, 9.17) is 30.3 Å². The van der Waals surface area contributed by atoms with Gasteiger partial charge in [0.1, 0.15) is 0 Å². The Bertz CT molecular complexity index is 529. The summed E-state index contributed by atoms with van der Waals surface area (Å²) >= 11 is 0. The van der Waals surface area contributed by atoms with E-state index in [2.05, 4.69) is 19.9 Å². The number of ether oxygens (including phenoxy) is 1. The molecular formula is C16H23NO6. The highest BCUT2D eigenvalue weighted by molar-refractivity contribution is 6.27. The normalized spacial score (nSPS) is 11.2. The van der Waals surface area contributed by atoms with Crippen LogP contribution in [0.4, 0.5) is 0 Å². The number of hydrogen-bond donors (Lipinski definition) is 3. The van der Waals surface area contributed by atoms with Crippen molar-refractivity contribution in [1.29, 1.82) is 0 Å². The van der Waals surface area contributed by atoms with E-state index in [0.717, 1.165) is 5.56 Å². The number of carbonyl (C=O) groups is 3. The Morgan fingerprint density at radius 3 is 1.96 bits per heavy atom. The van der Waals surface area contributed by atoms with Crippen LogP contribution in [-0.2, 0) is 19.1 Å². The third kappa shape index (κ3) is 7.96. The van der Waals surface area contributed by atoms with E-state index >= 15 is 0 Å². The summed E-state index contributed by atoms with van der Waals surface area (Å²) < 4.78 is 4.92. The SMILES string of the molecule is CCOC(=O)CC(N)c1ccccc1C(C)C.O=C(O)C(=O)O. The van der Waals surface area contributed by atoms with Crippen LogP contribution in [-0.4, -0.2) is 34.7 Å². The van der Waals surface area contributed by atoms with Crippen molar-refractivity contribution in [3.8, 4) is 0 Å². The van der Waals surface area contributed by atoms with Crippen molar-refractivity contribution < 1.29 is 29.3 Å². The molecule has 0 aliphatic rings. The maximum atomic E-state index is 11.4. The topological polar surface area (TPSA) is 127 Å². The van der Waals surface area contributed by atoms with Crippen LogP contribution in [0.2, 0.25) is 0 Å². The van der Waals surface area contributed by atoms with Gasteiger partial charge in [-0.2, -0.15) is 0 Å². The summed E-state index contributed by atoms with van der Waals surface area (Å²) in [4.78, 5) is 29.6. The Kier molecular flexibility index (Phi) is 9.26. The molecule has 0 radical (unpaired) electrons. The first-order valence-corrected chi connectivity index (χ1v) is 7.16. The van der Waals surface area contributed by atoms with Crippen molar-refractivity contribution >= 4 is 17.9 Å². The van der Waals surface area contributed by atoms with E-state index in [1.165, 1.54) is 5.56 Å². The quantitative estimate of drug-likeness (QED) is 0.557. The monoisotopic (exact) mass is 325 g/mol. The highest BCUT2D eigenvalue weighted by atomic mass is 16.5. The minimum Gasteiger partial charge on any atom is -0.473 e. The van der Waals surface area contributed by atoms with Gasteiger partial charge in [-0.15, -0.1) is 0 Å². The van der Waals surface area contributed by atoms with Crippen LogP contribution in [0.15, 0.2) is 24.3 Å². The van der Waals surface area contributed by atoms with Gasteiger partial charge in [-0.25, -0.2) is 9.59 Å². The third-order valence-corrected chi connectivity index (χ3v) is 2.89. The Morgan fingerprint density at radius 1 is 1.09 bits per heavy atom. The molecule has 0 amide bonds. The summed E-state index contributed by atoms with van der Waals surface area (Å²) in [5, 5.41) is 14.8. The fourth-order valence-electron chi connectivity index (χ4n) is 1.88. The first-order chi connectivity index (χ1) is 10.7. The van der Waals surface area contributed by atoms with E-state index in [1.54, 1.807) is 6.92 Å². The highest BCUT2D eigenvalue weighted by Crippen LogP contribution is 2.25. The Morgan fingerprint density at radius 2 is 1.57 bits per heavy atom. The number of esters is 1. The van der Waals surface area contributed by atoms with Gasteiger partial charge in [0.15, 0.2) is 0 Å². The molecule has 128 valence electrons. The molecule has 0 saturated carbocycles. The number of benzene rings is 1. The number of rotatable bonds is 5. The van der Waals surface area contributed by atoms with Crippen LogP contribution >= 0.6 is 0 Å². The van der Waals surface area contributed by atoms with E-state index < -0.39 is 11.9 Å². The van der Waals surface area contributed by atoms with Crippen LogP contribution < -0.4 is 5.73 Å². The van der Waals surface area contributed by atoms with E-state index in [9.17, 15) is 4.79 Å². The number of carboxylic acids is 2. The largest absolute Gasteiger partial charge is 0.473 e. The molecule has 0 bridgehead atoms. The van der Waals surface area contributed by atoms with Crippen molar-refractivity contribution in [2.75, 3.05) is 6.61 Å². The zero-order valence-electron chi connectivity index (χ0n) is 13.5. The molecule has 0 aromatic heterocycles. The zero-order chi connectivity index (χ0) is 18.0. The molecule has 1 aromatic rings. The lowest BCUT2D eigenvalue weighted by Gasteiger charge is -2.17. The van der Waals surface area contributed by atoms with Gasteiger partial charge in [0.25, 0.3) is 0 Å². The van der Waals surface area contributed by atoms with Crippen molar-refractivity contribution in [2.45, 2.75) is 39.2 Å². The second kappa shape index (κ2) is 10.3. The number of carboxylic acid groups (broad SMARTS) is 2. The van der Waals surface area contributed by atoms with Crippen LogP contribution in [0, 0.1) is 0 Å². The maximum absolute atomic E-state index is 11.4. The summed E-state index contributed by atoms with van der Waals surface area (Å²) in [5.74, 6) is -3.48. The molecule has 23 heavy (non-hydrogen) atoms. The van der Waals surface area contributed by atoms with E-state index in [-0.39, 0.29) is 18.4 Å². The predicted molar refractivity (Wildman–Crippen MR) is 84.0 cm³/mol. The number of carbonyl (C=O) groups excluding carboxylic acids is 1. The fraction of sp³-hybridized carbons (Fsp3) is 0.438. The van der Waals surface area contributed by atoms with Gasteiger partial charge >= 0.3 is 17.9 Å². The maximum Gasteiger partial charge on any atom is 0.414 e. The van der Waals surface area contributed by atoms with Crippen LogP contribution in [0.5, 0.6) is 0 Å². The average molecular weight is 325 g/mol. The van der Waals surface area contributed by atoms with Gasteiger partial charge in [0.2, 0.25) is 0 Å². The Balaban J connectivity index is 0.000000688. The summed E-state index contributed by atoms with van der Waals surface area (Å²) in [7, 11) is 0. The fourth-order valence-corrected chi connectivity index (χ4v) is 1.88. The van der Waals surface area contributed by atoms with Crippen LogP contribution in [0.3, 0.4) is 0 Å². The zero-order valence-corrected chi connectivity index (χ0v) is 13.5. The molecule has 1 atom stereocenters. The molecule has 1 unspecified atom stereocenters. The minimum atomic E-state index is -1.82. The van der Waals surface area contributed by atoms with Gasteiger partial charge in [-0.05, 0) is 24.0 Å². The lowest BCUT2D eigenvalue weighted by molar-refractivity contribution is -0.159. The van der Waals surface area contributed by atoms with Crippen molar-refractivity contribution in [3.05, 3.63) is 35.4 Å². The molecule has 7 heteroatoms. The molecule has 0 aliphatic heterocycles. The smallest absolute Gasteiger partial charge is 0.414 e. The second-order valence-corrected chi connectivity index (χ2v) is 5.01. The van der Waals surface area contributed by atoms with Crippen molar-refractivity contribution in [3.63, 3.8) is 0 Å². The molecule has 1 rings (SSSR count). The Labute approximate surface area is 135 Å². The highest BCUT2D eigenvalue weighted by Gasteiger charge is 2.16. The van der Waals surface area contributed by atoms with Gasteiger partial charge in [0.05, 0.1) is 13.0 Å². The summed E-state index contributed by atoms with van der Waals surface area (Å²) in [6, 6.07) is 7.71. The summed E-state index contributed by atoms with van der Waals surface area (Å²) in [6.45, 7) is 6.44. The molecule has 0 saturated heterocycles. The standard InChI is InChI=1S/C14H21NO2.C2H2O4/c1-4-17-14(16)9-13(15)12-8-6-5-7-11(12)10(2)3;3-1(4)2(5)6/h5-8,10,13H,4,9,15H2,1-3H3;(H,3,4)(H,5,6). The average Bonchev–Trinajstić information content (AvgIpc) is 2.47. The van der Waals surface area contributed by atoms with Gasteiger partial charge < -0.3 is 20.7 Å². The van der Waals surface area contributed by atoms with Crippen LogP contribution in [0.1, 0.15) is 50.3 Å². The van der Waals surface area contributed by atoms with Crippen LogP contribution in [0.25, 0.3) is 0 Å². The lowest BCUT2D eigenvalue weighted by atomic mass is 9.92. The second-order valence-electron chi connectivity index (χ2n) is 5.01. The summed E-state index contributed by atoms with van der Waals surface area (Å²) in [5.41, 5.74) is 8.30. The first-order valence-electron chi connectivity index (χ1n) is 7.16. The molecule has 1 aromatic carbocycles. The number of hydrogen-bond acceptors (Lipinski definition) is 5. The van der Waals surface area contributed by atoms with E-state index in [0.29, 0.717) is 12.5 Å². The third-order valence-electron chi connectivity index (χ3n) is 2.89. The predicted octanol–water partition coefficient (Wildman–Crippen LogP) is 1.92. The van der Waals surface area contributed by atoms with Gasteiger partial charge in [-0.1, -0.05) is 38.1 Å². The Hall–Kier alpha value is -2.41. The minimum absolute atomic E-state index is 0.234. The number of nitrogens with two attached hydrogens (primary N) is 1. The number of aliphatic carboxylic acids is 2. The molecule has 0 fully saturated rings. The molecule has 0 heterocycles. The van der Waals surface area contributed by atoms with E-state index in [1.807, 2.05) is 18.2 Å². The molecule has 7 nitrogen and oxygen atoms in total. The van der Waals surface area contributed by atoms with Gasteiger partial charge in [-0.3, -0.25) is 4.79 Å². The van der Waals surface area contributed by atoms with Crippen molar-refractivity contribution in [1.82, 2.24) is 0 Å². The summed E-state index contributed by atoms with van der Waals surface area (Å²) in [6.07, 6.45) is 0.234.